The van der Waals surface area contributed by atoms with Gasteiger partial charge >= 0.3 is 0 Å². The summed E-state index contributed by atoms with van der Waals surface area (Å²) >= 11 is 0. The zero-order valence-electron chi connectivity index (χ0n) is 12.8. The Morgan fingerprint density at radius 2 is 1.90 bits per heavy atom. The highest BCUT2D eigenvalue weighted by atomic mass is 15.3. The van der Waals surface area contributed by atoms with Crippen LogP contribution in [-0.4, -0.2) is 43.7 Å². The van der Waals surface area contributed by atoms with Crippen molar-refractivity contribution in [1.82, 2.24) is 9.97 Å². The predicted molar refractivity (Wildman–Crippen MR) is 87.9 cm³/mol. The Balaban J connectivity index is 1.96. The fourth-order valence-corrected chi connectivity index (χ4v) is 2.90. The molecule has 0 unspecified atom stereocenters. The first-order valence-corrected chi connectivity index (χ1v) is 7.58. The van der Waals surface area contributed by atoms with Crippen molar-refractivity contribution in [3.8, 4) is 0 Å². The Labute approximate surface area is 125 Å². The van der Waals surface area contributed by atoms with Crippen LogP contribution in [0.5, 0.6) is 0 Å². The van der Waals surface area contributed by atoms with Crippen LogP contribution in [0.3, 0.4) is 0 Å². The van der Waals surface area contributed by atoms with E-state index in [0.29, 0.717) is 5.92 Å². The first-order chi connectivity index (χ1) is 10.2. The summed E-state index contributed by atoms with van der Waals surface area (Å²) in [5.41, 5.74) is 6.78. The number of nitrogens with zero attached hydrogens (tertiary/aromatic N) is 4. The average Bonchev–Trinajstić information content (AvgIpc) is 2.53. The molecule has 1 aliphatic heterocycles. The molecule has 1 saturated heterocycles. The Morgan fingerprint density at radius 3 is 2.57 bits per heavy atom. The summed E-state index contributed by atoms with van der Waals surface area (Å²) in [5.74, 6) is 2.47. The average molecular weight is 285 g/mol. The molecule has 1 aromatic heterocycles. The lowest BCUT2D eigenvalue weighted by molar-refractivity contribution is 0.411. The first-order valence-electron chi connectivity index (χ1n) is 7.58. The fraction of sp³-hybridized carbons (Fsp3) is 0.500. The van der Waals surface area contributed by atoms with Gasteiger partial charge in [0.2, 0.25) is 5.95 Å². The van der Waals surface area contributed by atoms with E-state index >= 15 is 0 Å². The maximum atomic E-state index is 5.77. The number of fused-ring (bicyclic) bond motifs is 1. The minimum absolute atomic E-state index is 0.648. The van der Waals surface area contributed by atoms with E-state index in [9.17, 15) is 0 Å². The third-order valence-corrected chi connectivity index (χ3v) is 4.23. The molecule has 1 fully saturated rings. The number of rotatable bonds is 3. The summed E-state index contributed by atoms with van der Waals surface area (Å²) in [4.78, 5) is 13.9. The molecule has 5 nitrogen and oxygen atoms in total. The van der Waals surface area contributed by atoms with Crippen molar-refractivity contribution >= 4 is 22.7 Å². The molecule has 2 N–H and O–H groups in total. The third kappa shape index (κ3) is 2.78. The van der Waals surface area contributed by atoms with Gasteiger partial charge in [-0.2, -0.15) is 4.98 Å². The van der Waals surface area contributed by atoms with Crippen molar-refractivity contribution in [2.24, 2.45) is 11.7 Å². The molecule has 0 spiro atoms. The SMILES string of the molecule is CN(C)c1nc(N2CCC(CN)CC2)nc2ccccc12. The lowest BCUT2D eigenvalue weighted by atomic mass is 9.97. The Hall–Kier alpha value is -1.88. The van der Waals surface area contributed by atoms with Crippen LogP contribution in [0.1, 0.15) is 12.8 Å². The maximum absolute atomic E-state index is 5.77. The van der Waals surface area contributed by atoms with Gasteiger partial charge in [0, 0.05) is 32.6 Å². The van der Waals surface area contributed by atoms with Crippen LogP contribution in [0.25, 0.3) is 10.9 Å². The molecule has 1 aliphatic rings. The van der Waals surface area contributed by atoms with E-state index in [-0.39, 0.29) is 0 Å². The molecule has 1 aromatic carbocycles. The molecule has 0 aliphatic carbocycles. The number of hydrogen-bond acceptors (Lipinski definition) is 5. The summed E-state index contributed by atoms with van der Waals surface area (Å²) in [5, 5.41) is 1.10. The second-order valence-electron chi connectivity index (χ2n) is 5.92. The van der Waals surface area contributed by atoms with Gasteiger partial charge in [-0.15, -0.1) is 0 Å². The fourth-order valence-electron chi connectivity index (χ4n) is 2.90. The van der Waals surface area contributed by atoms with E-state index in [2.05, 4.69) is 21.9 Å². The summed E-state index contributed by atoms with van der Waals surface area (Å²) in [6.45, 7) is 2.77. The van der Waals surface area contributed by atoms with E-state index < -0.39 is 0 Å². The molecular formula is C16H23N5. The van der Waals surface area contributed by atoms with Crippen LogP contribution in [0, 0.1) is 5.92 Å². The van der Waals surface area contributed by atoms with Crippen molar-refractivity contribution in [3.63, 3.8) is 0 Å². The highest BCUT2D eigenvalue weighted by Gasteiger charge is 2.21. The number of piperidine rings is 1. The van der Waals surface area contributed by atoms with Gasteiger partial charge in [-0.25, -0.2) is 4.98 Å². The summed E-state index contributed by atoms with van der Waals surface area (Å²) in [7, 11) is 4.05. The molecule has 3 rings (SSSR count). The van der Waals surface area contributed by atoms with Gasteiger partial charge in [-0.1, -0.05) is 12.1 Å². The number of hydrogen-bond donors (Lipinski definition) is 1. The van der Waals surface area contributed by atoms with Crippen molar-refractivity contribution in [2.75, 3.05) is 43.5 Å². The molecule has 0 atom stereocenters. The normalized spacial score (nSPS) is 16.4. The Kier molecular flexibility index (Phi) is 3.92. The number of para-hydroxylation sites is 1. The zero-order chi connectivity index (χ0) is 14.8. The van der Waals surface area contributed by atoms with Crippen molar-refractivity contribution < 1.29 is 0 Å². The van der Waals surface area contributed by atoms with Gasteiger partial charge in [0.05, 0.1) is 5.52 Å². The van der Waals surface area contributed by atoms with Crippen molar-refractivity contribution in [2.45, 2.75) is 12.8 Å². The molecule has 112 valence electrons. The Bertz CT molecular complexity index is 617. The van der Waals surface area contributed by atoms with Crippen LogP contribution in [-0.2, 0) is 0 Å². The first kappa shape index (κ1) is 14.1. The summed E-state index contributed by atoms with van der Waals surface area (Å²) in [6.07, 6.45) is 2.26. The van der Waals surface area contributed by atoms with Gasteiger partial charge in [0.25, 0.3) is 0 Å². The van der Waals surface area contributed by atoms with E-state index in [1.807, 2.05) is 26.2 Å². The van der Waals surface area contributed by atoms with Crippen LogP contribution in [0.15, 0.2) is 24.3 Å². The smallest absolute Gasteiger partial charge is 0.227 e. The third-order valence-electron chi connectivity index (χ3n) is 4.23. The van der Waals surface area contributed by atoms with Gasteiger partial charge < -0.3 is 15.5 Å². The molecule has 0 saturated carbocycles. The molecule has 2 aromatic rings. The van der Waals surface area contributed by atoms with Crippen LogP contribution in [0.2, 0.25) is 0 Å². The Morgan fingerprint density at radius 1 is 1.19 bits per heavy atom. The lowest BCUT2D eigenvalue weighted by Gasteiger charge is -2.32. The molecule has 0 radical (unpaired) electrons. The minimum Gasteiger partial charge on any atom is -0.362 e. The zero-order valence-corrected chi connectivity index (χ0v) is 12.8. The lowest BCUT2D eigenvalue weighted by Crippen LogP contribution is -2.37. The standard InChI is InChI=1S/C16H23N5/c1-20(2)15-13-5-3-4-6-14(13)18-16(19-15)21-9-7-12(11-17)8-10-21/h3-6,12H,7-11,17H2,1-2H3. The highest BCUT2D eigenvalue weighted by molar-refractivity contribution is 5.90. The second-order valence-corrected chi connectivity index (χ2v) is 5.92. The number of nitrogens with two attached hydrogens (primary N) is 1. The van der Waals surface area contributed by atoms with Crippen LogP contribution < -0.4 is 15.5 Å². The van der Waals surface area contributed by atoms with Gasteiger partial charge in [0.1, 0.15) is 5.82 Å². The second kappa shape index (κ2) is 5.85. The van der Waals surface area contributed by atoms with E-state index in [1.54, 1.807) is 0 Å². The molecular weight excluding hydrogens is 262 g/mol. The van der Waals surface area contributed by atoms with Crippen LogP contribution in [0.4, 0.5) is 11.8 Å². The summed E-state index contributed by atoms with van der Waals surface area (Å²) < 4.78 is 0. The number of anilines is 2. The molecule has 2 heterocycles. The highest BCUT2D eigenvalue weighted by Crippen LogP contribution is 2.27. The van der Waals surface area contributed by atoms with Crippen LogP contribution >= 0.6 is 0 Å². The van der Waals surface area contributed by atoms with E-state index in [4.69, 9.17) is 15.7 Å². The van der Waals surface area contributed by atoms with Gasteiger partial charge in [-0.05, 0) is 37.4 Å². The van der Waals surface area contributed by atoms with Crippen molar-refractivity contribution in [1.29, 1.82) is 0 Å². The molecule has 0 bridgehead atoms. The molecule has 21 heavy (non-hydrogen) atoms. The number of benzene rings is 1. The monoisotopic (exact) mass is 285 g/mol. The largest absolute Gasteiger partial charge is 0.362 e. The van der Waals surface area contributed by atoms with Crippen molar-refractivity contribution in [3.05, 3.63) is 24.3 Å². The van der Waals surface area contributed by atoms with E-state index in [0.717, 1.165) is 55.1 Å². The quantitative estimate of drug-likeness (QED) is 0.933. The van der Waals surface area contributed by atoms with Gasteiger partial charge in [-0.3, -0.25) is 0 Å². The number of aromatic nitrogens is 2. The summed E-state index contributed by atoms with van der Waals surface area (Å²) in [6, 6.07) is 8.19. The maximum Gasteiger partial charge on any atom is 0.227 e. The molecule has 5 heteroatoms. The topological polar surface area (TPSA) is 58.3 Å². The van der Waals surface area contributed by atoms with E-state index in [1.165, 1.54) is 0 Å². The minimum atomic E-state index is 0.648. The van der Waals surface area contributed by atoms with Gasteiger partial charge in [0.15, 0.2) is 0 Å². The predicted octanol–water partition coefficient (Wildman–Crippen LogP) is 1.87. The molecule has 0 amide bonds.